The number of hydrogen-bond donors (Lipinski definition) is 1. The number of aryl methyl sites for hydroxylation is 1. The first-order valence-electron chi connectivity index (χ1n) is 7.95. The maximum absolute atomic E-state index is 12.6. The fourth-order valence-corrected chi connectivity index (χ4v) is 4.77. The number of para-hydroxylation sites is 1. The molecular formula is C18H17N3O4S2. The van der Waals surface area contributed by atoms with E-state index in [1.54, 1.807) is 36.4 Å². The summed E-state index contributed by atoms with van der Waals surface area (Å²) in [5.41, 5.74) is 1.97. The predicted octanol–water partition coefficient (Wildman–Crippen LogP) is 3.08. The Morgan fingerprint density at radius 2 is 1.93 bits per heavy atom. The number of rotatable bonds is 6. The summed E-state index contributed by atoms with van der Waals surface area (Å²) in [6.07, 6.45) is 0. The molecule has 0 aliphatic heterocycles. The molecular weight excluding hydrogens is 386 g/mol. The Balaban J connectivity index is 1.77. The topological polar surface area (TPSA) is 98.2 Å². The number of nitrogens with zero attached hydrogens (tertiary/aromatic N) is 2. The van der Waals surface area contributed by atoms with E-state index >= 15 is 0 Å². The second kappa shape index (κ2) is 7.85. The third-order valence-corrected chi connectivity index (χ3v) is 6.66. The Morgan fingerprint density at radius 3 is 2.67 bits per heavy atom. The van der Waals surface area contributed by atoms with Crippen molar-refractivity contribution in [1.82, 2.24) is 10.2 Å². The summed E-state index contributed by atoms with van der Waals surface area (Å²) in [6.45, 7) is 1.90. The number of carbonyl (C=O) groups excluding carboxylic acids is 1. The van der Waals surface area contributed by atoms with Crippen molar-refractivity contribution >= 4 is 32.2 Å². The van der Waals surface area contributed by atoms with Gasteiger partial charge in [-0.05, 0) is 24.6 Å². The van der Waals surface area contributed by atoms with Gasteiger partial charge in [-0.3, -0.25) is 10.1 Å². The standard InChI is InChI=1S/C18H17N3O4S2/c1-12-6-5-7-13(10-12)11-27(23,24)18-21-20-17(26-18)19-16(22)14-8-3-4-9-15(14)25-2/h3-10H,11H2,1-2H3,(H,19,20,22). The molecule has 0 bridgehead atoms. The number of nitrogens with one attached hydrogen (secondary N) is 1. The summed E-state index contributed by atoms with van der Waals surface area (Å²) in [5, 5.41) is 10.2. The van der Waals surface area contributed by atoms with E-state index in [4.69, 9.17) is 4.74 Å². The van der Waals surface area contributed by atoms with Gasteiger partial charge in [0.15, 0.2) is 0 Å². The third kappa shape index (κ3) is 4.50. The van der Waals surface area contributed by atoms with Crippen LogP contribution in [-0.4, -0.2) is 31.6 Å². The normalized spacial score (nSPS) is 11.2. The average Bonchev–Trinajstić information content (AvgIpc) is 3.11. The summed E-state index contributed by atoms with van der Waals surface area (Å²) in [4.78, 5) is 12.4. The average molecular weight is 403 g/mol. The van der Waals surface area contributed by atoms with Crippen LogP contribution in [0.4, 0.5) is 5.13 Å². The first-order valence-corrected chi connectivity index (χ1v) is 10.4. The van der Waals surface area contributed by atoms with Gasteiger partial charge in [-0.15, -0.1) is 10.2 Å². The molecule has 2 aromatic carbocycles. The van der Waals surface area contributed by atoms with Crippen molar-refractivity contribution in [2.45, 2.75) is 17.0 Å². The van der Waals surface area contributed by atoms with Crippen LogP contribution in [0, 0.1) is 6.92 Å². The van der Waals surface area contributed by atoms with Gasteiger partial charge >= 0.3 is 0 Å². The third-order valence-electron chi connectivity index (χ3n) is 3.68. The van der Waals surface area contributed by atoms with Crippen LogP contribution in [0.3, 0.4) is 0 Å². The Kier molecular flexibility index (Phi) is 5.52. The highest BCUT2D eigenvalue weighted by atomic mass is 32.2. The molecule has 0 aliphatic rings. The molecule has 1 heterocycles. The number of carbonyl (C=O) groups is 1. The van der Waals surface area contributed by atoms with Crippen molar-refractivity contribution in [2.24, 2.45) is 0 Å². The Morgan fingerprint density at radius 1 is 1.15 bits per heavy atom. The van der Waals surface area contributed by atoms with Crippen molar-refractivity contribution < 1.29 is 17.9 Å². The lowest BCUT2D eigenvalue weighted by Crippen LogP contribution is -2.12. The van der Waals surface area contributed by atoms with Crippen LogP contribution in [0.1, 0.15) is 21.5 Å². The number of ether oxygens (including phenoxy) is 1. The largest absolute Gasteiger partial charge is 0.496 e. The molecule has 1 amide bonds. The minimum absolute atomic E-state index is 0.105. The summed E-state index contributed by atoms with van der Waals surface area (Å²) in [5.74, 6) is -0.220. The number of amides is 1. The summed E-state index contributed by atoms with van der Waals surface area (Å²) < 4.78 is 30.1. The molecule has 7 nitrogen and oxygen atoms in total. The second-order valence-corrected chi connectivity index (χ2v) is 8.92. The van der Waals surface area contributed by atoms with Gasteiger partial charge in [0.1, 0.15) is 5.75 Å². The lowest BCUT2D eigenvalue weighted by Gasteiger charge is -2.06. The molecule has 9 heteroatoms. The van der Waals surface area contributed by atoms with Crippen LogP contribution in [0.15, 0.2) is 52.9 Å². The van der Waals surface area contributed by atoms with Crippen LogP contribution in [0.25, 0.3) is 0 Å². The Bertz CT molecular complexity index is 1080. The molecule has 1 aromatic heterocycles. The van der Waals surface area contributed by atoms with E-state index < -0.39 is 15.7 Å². The molecule has 0 spiro atoms. The highest BCUT2D eigenvalue weighted by Crippen LogP contribution is 2.25. The van der Waals surface area contributed by atoms with Gasteiger partial charge in [0.2, 0.25) is 19.3 Å². The van der Waals surface area contributed by atoms with Crippen LogP contribution in [0.2, 0.25) is 0 Å². The molecule has 3 rings (SSSR count). The van der Waals surface area contributed by atoms with E-state index in [-0.39, 0.29) is 15.2 Å². The smallest absolute Gasteiger partial charge is 0.261 e. The van der Waals surface area contributed by atoms with Gasteiger partial charge in [0.25, 0.3) is 5.91 Å². The molecule has 0 atom stereocenters. The van der Waals surface area contributed by atoms with Gasteiger partial charge in [0.05, 0.1) is 18.4 Å². The maximum Gasteiger partial charge on any atom is 0.261 e. The van der Waals surface area contributed by atoms with Crippen LogP contribution in [-0.2, 0) is 15.6 Å². The van der Waals surface area contributed by atoms with Crippen molar-refractivity contribution in [2.75, 3.05) is 12.4 Å². The zero-order valence-electron chi connectivity index (χ0n) is 14.7. The zero-order valence-corrected chi connectivity index (χ0v) is 16.3. The Hall–Kier alpha value is -2.78. The minimum atomic E-state index is -3.65. The second-order valence-electron chi connectivity index (χ2n) is 5.78. The van der Waals surface area contributed by atoms with Crippen molar-refractivity contribution in [1.29, 1.82) is 0 Å². The lowest BCUT2D eigenvalue weighted by molar-refractivity contribution is 0.102. The minimum Gasteiger partial charge on any atom is -0.496 e. The summed E-state index contributed by atoms with van der Waals surface area (Å²) in [7, 11) is -2.19. The van der Waals surface area contributed by atoms with Gasteiger partial charge in [-0.1, -0.05) is 53.3 Å². The molecule has 0 radical (unpaired) electrons. The van der Waals surface area contributed by atoms with Crippen LogP contribution >= 0.6 is 11.3 Å². The first-order chi connectivity index (χ1) is 12.9. The highest BCUT2D eigenvalue weighted by molar-refractivity contribution is 7.92. The molecule has 0 saturated heterocycles. The fraction of sp³-hybridized carbons (Fsp3) is 0.167. The number of aromatic nitrogens is 2. The van der Waals surface area contributed by atoms with Gasteiger partial charge in [-0.2, -0.15) is 0 Å². The van der Waals surface area contributed by atoms with E-state index in [1.165, 1.54) is 7.11 Å². The fourth-order valence-electron chi connectivity index (χ4n) is 2.47. The lowest BCUT2D eigenvalue weighted by atomic mass is 10.2. The molecule has 27 heavy (non-hydrogen) atoms. The number of hydrogen-bond acceptors (Lipinski definition) is 7. The predicted molar refractivity (Wildman–Crippen MR) is 103 cm³/mol. The van der Waals surface area contributed by atoms with Crippen molar-refractivity contribution in [3.05, 3.63) is 65.2 Å². The maximum atomic E-state index is 12.6. The van der Waals surface area contributed by atoms with E-state index in [0.29, 0.717) is 16.9 Å². The van der Waals surface area contributed by atoms with Gasteiger partial charge in [0, 0.05) is 0 Å². The SMILES string of the molecule is COc1ccccc1C(=O)Nc1nnc(S(=O)(=O)Cc2cccc(C)c2)s1. The van der Waals surface area contributed by atoms with E-state index in [1.807, 2.05) is 19.1 Å². The van der Waals surface area contributed by atoms with E-state index in [2.05, 4.69) is 15.5 Å². The van der Waals surface area contributed by atoms with E-state index in [9.17, 15) is 13.2 Å². The summed E-state index contributed by atoms with van der Waals surface area (Å²) >= 11 is 0.817. The van der Waals surface area contributed by atoms with Crippen LogP contribution in [0.5, 0.6) is 5.75 Å². The molecule has 140 valence electrons. The Labute approximate surface area is 161 Å². The number of anilines is 1. The first kappa shape index (κ1) is 19.0. The molecule has 0 unspecified atom stereocenters. The monoisotopic (exact) mass is 403 g/mol. The molecule has 1 N–H and O–H groups in total. The number of sulfone groups is 1. The van der Waals surface area contributed by atoms with Crippen LogP contribution < -0.4 is 10.1 Å². The quantitative estimate of drug-likeness (QED) is 0.635. The number of benzene rings is 2. The van der Waals surface area contributed by atoms with Gasteiger partial charge < -0.3 is 4.74 Å². The molecule has 3 aromatic rings. The zero-order chi connectivity index (χ0) is 19.4. The summed E-state index contributed by atoms with van der Waals surface area (Å²) in [6, 6.07) is 14.0. The van der Waals surface area contributed by atoms with Crippen molar-refractivity contribution in [3.63, 3.8) is 0 Å². The van der Waals surface area contributed by atoms with Crippen molar-refractivity contribution in [3.8, 4) is 5.75 Å². The molecule has 0 saturated carbocycles. The molecule has 0 fully saturated rings. The van der Waals surface area contributed by atoms with Gasteiger partial charge in [-0.25, -0.2) is 8.42 Å². The highest BCUT2D eigenvalue weighted by Gasteiger charge is 2.22. The molecule has 0 aliphatic carbocycles. The number of methoxy groups -OCH3 is 1. The van der Waals surface area contributed by atoms with E-state index in [0.717, 1.165) is 16.9 Å².